The van der Waals surface area contributed by atoms with E-state index in [9.17, 15) is 4.39 Å². The third-order valence-corrected chi connectivity index (χ3v) is 5.08. The second-order valence-electron chi connectivity index (χ2n) is 6.81. The second-order valence-corrected chi connectivity index (χ2v) is 6.81. The molecule has 1 aliphatic heterocycles. The van der Waals surface area contributed by atoms with Crippen molar-refractivity contribution in [2.24, 2.45) is 10.4 Å². The second kappa shape index (κ2) is 6.77. The molecule has 4 nitrogen and oxygen atoms in total. The Bertz CT molecular complexity index is 571. The first-order valence-corrected chi connectivity index (χ1v) is 8.49. The van der Waals surface area contributed by atoms with Gasteiger partial charge >= 0.3 is 0 Å². The molecule has 1 saturated heterocycles. The number of nitrogens with zero attached hydrogens (tertiary/aromatic N) is 2. The Morgan fingerprint density at radius 2 is 2.17 bits per heavy atom. The van der Waals surface area contributed by atoms with Gasteiger partial charge in [-0.1, -0.05) is 18.6 Å². The molecule has 1 unspecified atom stereocenters. The molecule has 1 aromatic rings. The highest BCUT2D eigenvalue weighted by Crippen LogP contribution is 2.47. The molecule has 0 bridgehead atoms. The van der Waals surface area contributed by atoms with E-state index in [1.807, 2.05) is 14.0 Å². The molecule has 23 heavy (non-hydrogen) atoms. The van der Waals surface area contributed by atoms with Gasteiger partial charge in [-0.25, -0.2) is 4.39 Å². The van der Waals surface area contributed by atoms with Crippen LogP contribution < -0.4 is 10.1 Å². The molecule has 0 radical (unpaired) electrons. The van der Waals surface area contributed by atoms with Crippen molar-refractivity contribution in [3.05, 3.63) is 30.1 Å². The summed E-state index contributed by atoms with van der Waals surface area (Å²) in [5.41, 5.74) is 0.549. The van der Waals surface area contributed by atoms with E-state index in [0.29, 0.717) is 17.7 Å². The summed E-state index contributed by atoms with van der Waals surface area (Å²) in [6.07, 6.45) is 5.21. The van der Waals surface area contributed by atoms with Crippen LogP contribution in [-0.4, -0.2) is 43.6 Å². The van der Waals surface area contributed by atoms with Crippen molar-refractivity contribution in [1.29, 1.82) is 0 Å². The van der Waals surface area contributed by atoms with E-state index < -0.39 is 0 Å². The molecule has 3 rings (SSSR count). The molecule has 1 aliphatic carbocycles. The summed E-state index contributed by atoms with van der Waals surface area (Å²) >= 11 is 0. The number of likely N-dealkylation sites (tertiary alicyclic amines) is 1. The largest absolute Gasteiger partial charge is 0.486 e. The van der Waals surface area contributed by atoms with Crippen molar-refractivity contribution in [3.8, 4) is 5.75 Å². The third kappa shape index (κ3) is 3.59. The standard InChI is InChI=1S/C18H26FN3O/c1-14(23-16-7-4-3-6-15(16)19)12-21-17(20-2)22-11-10-18(13-22)8-5-9-18/h3-4,6-7,14H,5,8-13H2,1-2H3,(H,20,21). The number of guanidine groups is 1. The van der Waals surface area contributed by atoms with E-state index in [4.69, 9.17) is 4.74 Å². The zero-order valence-corrected chi connectivity index (χ0v) is 14.0. The molecular formula is C18H26FN3O. The van der Waals surface area contributed by atoms with Gasteiger partial charge in [0.15, 0.2) is 17.5 Å². The van der Waals surface area contributed by atoms with Crippen LogP contribution in [0.25, 0.3) is 0 Å². The van der Waals surface area contributed by atoms with Gasteiger partial charge in [0, 0.05) is 20.1 Å². The van der Waals surface area contributed by atoms with E-state index in [2.05, 4.69) is 15.2 Å². The van der Waals surface area contributed by atoms with E-state index in [-0.39, 0.29) is 11.9 Å². The van der Waals surface area contributed by atoms with Gasteiger partial charge in [0.1, 0.15) is 6.10 Å². The lowest BCUT2D eigenvalue weighted by Crippen LogP contribution is -2.45. The molecule has 126 valence electrons. The zero-order valence-electron chi connectivity index (χ0n) is 14.0. The van der Waals surface area contributed by atoms with Crippen LogP contribution in [0.1, 0.15) is 32.6 Å². The molecule has 1 spiro atoms. The van der Waals surface area contributed by atoms with Crippen LogP contribution in [-0.2, 0) is 0 Å². The van der Waals surface area contributed by atoms with Crippen LogP contribution in [0.4, 0.5) is 4.39 Å². The molecule has 0 aromatic heterocycles. The van der Waals surface area contributed by atoms with Crippen LogP contribution >= 0.6 is 0 Å². The summed E-state index contributed by atoms with van der Waals surface area (Å²) in [6.45, 7) is 4.71. The molecule has 1 aromatic carbocycles. The van der Waals surface area contributed by atoms with Crippen LogP contribution in [0.2, 0.25) is 0 Å². The van der Waals surface area contributed by atoms with Crippen molar-refractivity contribution < 1.29 is 9.13 Å². The Kier molecular flexibility index (Phi) is 4.74. The minimum Gasteiger partial charge on any atom is -0.486 e. The number of benzene rings is 1. The monoisotopic (exact) mass is 319 g/mol. The summed E-state index contributed by atoms with van der Waals surface area (Å²) in [6, 6.07) is 6.51. The highest BCUT2D eigenvalue weighted by molar-refractivity contribution is 5.80. The van der Waals surface area contributed by atoms with Crippen molar-refractivity contribution in [2.75, 3.05) is 26.7 Å². The lowest BCUT2D eigenvalue weighted by molar-refractivity contribution is 0.151. The maximum absolute atomic E-state index is 13.6. The predicted molar refractivity (Wildman–Crippen MR) is 90.3 cm³/mol. The maximum Gasteiger partial charge on any atom is 0.193 e. The van der Waals surface area contributed by atoms with Gasteiger partial charge < -0.3 is 15.0 Å². The van der Waals surface area contributed by atoms with Crippen molar-refractivity contribution in [3.63, 3.8) is 0 Å². The average molecular weight is 319 g/mol. The zero-order chi connectivity index (χ0) is 16.3. The highest BCUT2D eigenvalue weighted by Gasteiger charge is 2.43. The van der Waals surface area contributed by atoms with Crippen molar-refractivity contribution in [1.82, 2.24) is 10.2 Å². The molecule has 2 aliphatic rings. The Morgan fingerprint density at radius 1 is 1.39 bits per heavy atom. The SMILES string of the molecule is CN=C(NCC(C)Oc1ccccc1F)N1CCC2(CCC2)C1. The predicted octanol–water partition coefficient (Wildman–Crippen LogP) is 3.04. The van der Waals surface area contributed by atoms with Crippen molar-refractivity contribution in [2.45, 2.75) is 38.7 Å². The van der Waals surface area contributed by atoms with Gasteiger partial charge in [0.05, 0.1) is 6.54 Å². The molecule has 1 saturated carbocycles. The Labute approximate surface area is 137 Å². The first-order chi connectivity index (χ1) is 11.1. The van der Waals surface area contributed by atoms with E-state index in [1.54, 1.807) is 18.2 Å². The number of rotatable bonds is 4. The number of ether oxygens (including phenoxy) is 1. The van der Waals surface area contributed by atoms with Crippen LogP contribution in [0.3, 0.4) is 0 Å². The summed E-state index contributed by atoms with van der Waals surface area (Å²) in [5.74, 6) is 0.902. The van der Waals surface area contributed by atoms with E-state index in [0.717, 1.165) is 19.0 Å². The Balaban J connectivity index is 1.49. The molecular weight excluding hydrogens is 293 g/mol. The van der Waals surface area contributed by atoms with Gasteiger partial charge in [-0.15, -0.1) is 0 Å². The molecule has 5 heteroatoms. The fourth-order valence-electron chi connectivity index (χ4n) is 3.57. The van der Waals surface area contributed by atoms with Gasteiger partial charge in [0.2, 0.25) is 0 Å². The quantitative estimate of drug-likeness (QED) is 0.684. The lowest BCUT2D eigenvalue weighted by atomic mass is 9.68. The van der Waals surface area contributed by atoms with Gasteiger partial charge in [-0.3, -0.25) is 4.99 Å². The minimum atomic E-state index is -0.324. The first kappa shape index (κ1) is 16.1. The topological polar surface area (TPSA) is 36.9 Å². The first-order valence-electron chi connectivity index (χ1n) is 8.49. The number of aliphatic imine (C=N–C) groups is 1. The fraction of sp³-hybridized carbons (Fsp3) is 0.611. The summed E-state index contributed by atoms with van der Waals surface area (Å²) in [4.78, 5) is 6.73. The van der Waals surface area contributed by atoms with Crippen molar-refractivity contribution >= 4 is 5.96 Å². The minimum absolute atomic E-state index is 0.135. The molecule has 1 atom stereocenters. The van der Waals surface area contributed by atoms with Crippen LogP contribution in [0.5, 0.6) is 5.75 Å². The number of nitrogens with one attached hydrogen (secondary N) is 1. The number of hydrogen-bond donors (Lipinski definition) is 1. The van der Waals surface area contributed by atoms with Crippen LogP contribution in [0, 0.1) is 11.2 Å². The maximum atomic E-state index is 13.6. The average Bonchev–Trinajstić information content (AvgIpc) is 2.96. The van der Waals surface area contributed by atoms with Crippen LogP contribution in [0.15, 0.2) is 29.3 Å². The summed E-state index contributed by atoms with van der Waals surface area (Å²) in [5, 5.41) is 3.37. The Hall–Kier alpha value is -1.78. The highest BCUT2D eigenvalue weighted by atomic mass is 19.1. The normalized spacial score (nSPS) is 21.2. The summed E-state index contributed by atoms with van der Waals surface area (Å²) < 4.78 is 19.3. The van der Waals surface area contributed by atoms with Gasteiger partial charge in [0.25, 0.3) is 0 Å². The fourth-order valence-corrected chi connectivity index (χ4v) is 3.57. The smallest absolute Gasteiger partial charge is 0.193 e. The van der Waals surface area contributed by atoms with E-state index in [1.165, 1.54) is 31.7 Å². The molecule has 1 heterocycles. The third-order valence-electron chi connectivity index (χ3n) is 5.08. The molecule has 0 amide bonds. The van der Waals surface area contributed by atoms with E-state index >= 15 is 0 Å². The molecule has 1 N–H and O–H groups in total. The number of halogens is 1. The lowest BCUT2D eigenvalue weighted by Gasteiger charge is -2.38. The molecule has 2 fully saturated rings. The van der Waals surface area contributed by atoms with Gasteiger partial charge in [-0.05, 0) is 43.7 Å². The number of hydrogen-bond acceptors (Lipinski definition) is 2. The van der Waals surface area contributed by atoms with Gasteiger partial charge in [-0.2, -0.15) is 0 Å². The summed E-state index contributed by atoms with van der Waals surface area (Å²) in [7, 11) is 1.82. The Morgan fingerprint density at radius 3 is 2.78 bits per heavy atom. The number of para-hydroxylation sites is 1.